The molecule has 4 aromatic rings. The highest BCUT2D eigenvalue weighted by Crippen LogP contribution is 2.29. The van der Waals surface area contributed by atoms with Gasteiger partial charge in [-0.2, -0.15) is 0 Å². The van der Waals surface area contributed by atoms with Gasteiger partial charge in [0.1, 0.15) is 29.9 Å². The van der Waals surface area contributed by atoms with Crippen molar-refractivity contribution in [1.29, 1.82) is 0 Å². The van der Waals surface area contributed by atoms with Crippen LogP contribution in [-0.2, 0) is 26.2 Å². The van der Waals surface area contributed by atoms with Crippen LogP contribution in [0.1, 0.15) is 43.7 Å². The zero-order valence-electron chi connectivity index (χ0n) is 25.9. The summed E-state index contributed by atoms with van der Waals surface area (Å²) >= 11 is 0. The second-order valence-corrected chi connectivity index (χ2v) is 13.4. The Balaban J connectivity index is 1.47. The quantitative estimate of drug-likeness (QED) is 0.188. The molecule has 0 aromatic heterocycles. The number of carbonyl (C=O) groups excluding carboxylic acids is 2. The van der Waals surface area contributed by atoms with Crippen LogP contribution >= 0.6 is 0 Å². The van der Waals surface area contributed by atoms with Crippen LogP contribution in [0.5, 0.6) is 11.5 Å². The van der Waals surface area contributed by atoms with E-state index in [0.717, 1.165) is 35.6 Å². The van der Waals surface area contributed by atoms with Gasteiger partial charge in [-0.25, -0.2) is 12.8 Å². The molecule has 0 saturated heterocycles. The number of para-hydroxylation sites is 1. The van der Waals surface area contributed by atoms with Gasteiger partial charge in [0.25, 0.3) is 10.0 Å². The molecule has 2 amide bonds. The van der Waals surface area contributed by atoms with Gasteiger partial charge in [-0.3, -0.25) is 13.9 Å². The van der Waals surface area contributed by atoms with Crippen molar-refractivity contribution in [2.45, 2.75) is 63.1 Å². The van der Waals surface area contributed by atoms with Crippen molar-refractivity contribution in [3.8, 4) is 11.5 Å². The Kier molecular flexibility index (Phi) is 10.4. The summed E-state index contributed by atoms with van der Waals surface area (Å²) in [6.45, 7) is 2.59. The molecular weight excluding hydrogens is 605 g/mol. The number of nitrogens with zero attached hydrogens (tertiary/aromatic N) is 2. The summed E-state index contributed by atoms with van der Waals surface area (Å²) < 4.78 is 49.9. The molecule has 1 N–H and O–H groups in total. The van der Waals surface area contributed by atoms with Gasteiger partial charge in [0.15, 0.2) is 0 Å². The molecule has 4 aromatic carbocycles. The number of amides is 2. The van der Waals surface area contributed by atoms with Crippen LogP contribution in [0.25, 0.3) is 0 Å². The van der Waals surface area contributed by atoms with E-state index in [4.69, 9.17) is 4.74 Å². The number of carbonyl (C=O) groups is 2. The fraction of sp³-hybridized carbons (Fsp3) is 0.278. The van der Waals surface area contributed by atoms with Crippen LogP contribution in [0, 0.1) is 12.7 Å². The molecule has 0 radical (unpaired) electrons. The van der Waals surface area contributed by atoms with E-state index < -0.39 is 34.3 Å². The van der Waals surface area contributed by atoms with Gasteiger partial charge >= 0.3 is 0 Å². The Morgan fingerprint density at radius 1 is 0.870 bits per heavy atom. The molecule has 1 unspecified atom stereocenters. The lowest BCUT2D eigenvalue weighted by atomic mass is 10.1. The Bertz CT molecular complexity index is 1740. The fourth-order valence-corrected chi connectivity index (χ4v) is 6.87. The molecule has 1 aliphatic rings. The summed E-state index contributed by atoms with van der Waals surface area (Å²) in [5, 5.41) is 3.01. The van der Waals surface area contributed by atoms with Gasteiger partial charge in [0, 0.05) is 18.2 Å². The molecule has 46 heavy (non-hydrogen) atoms. The summed E-state index contributed by atoms with van der Waals surface area (Å²) in [6.07, 6.45) is 3.73. The summed E-state index contributed by atoms with van der Waals surface area (Å²) in [4.78, 5) is 28.8. The molecule has 5 rings (SSSR count). The van der Waals surface area contributed by atoms with E-state index in [2.05, 4.69) is 5.32 Å². The predicted octanol–water partition coefficient (Wildman–Crippen LogP) is 6.60. The highest BCUT2D eigenvalue weighted by Gasteiger charge is 2.33. The monoisotopic (exact) mass is 643 g/mol. The van der Waals surface area contributed by atoms with Crippen molar-refractivity contribution in [3.05, 3.63) is 120 Å². The molecule has 1 aliphatic carbocycles. The first-order valence-corrected chi connectivity index (χ1v) is 16.8. The number of halogens is 1. The summed E-state index contributed by atoms with van der Waals surface area (Å²) in [7, 11) is -4.25. The maximum absolute atomic E-state index is 14.8. The molecule has 0 heterocycles. The molecule has 240 valence electrons. The molecule has 0 bridgehead atoms. The highest BCUT2D eigenvalue weighted by atomic mass is 32.2. The zero-order valence-corrected chi connectivity index (χ0v) is 26.8. The van der Waals surface area contributed by atoms with E-state index in [1.54, 1.807) is 73.7 Å². The maximum Gasteiger partial charge on any atom is 0.264 e. The second kappa shape index (κ2) is 14.6. The van der Waals surface area contributed by atoms with Gasteiger partial charge in [-0.1, -0.05) is 66.9 Å². The van der Waals surface area contributed by atoms with E-state index in [-0.39, 0.29) is 34.6 Å². The molecule has 8 nitrogen and oxygen atoms in total. The Labute approximate surface area is 269 Å². The standard InChI is InChI=1S/C36H38FN3O5S/c1-26-16-22-33(23-17-26)46(43,44)40(30-18-20-32(21-19-30)45-31-13-4-3-5-14-31)25-35(41)39(24-28-10-6-9-15-34(28)37)27(2)36(42)38-29-11-7-8-12-29/h3-6,9-10,13-23,27,29H,7-8,11-12,24-25H2,1-2H3,(H,38,42). The normalized spacial score (nSPS) is 14.0. The zero-order chi connectivity index (χ0) is 32.7. The minimum absolute atomic E-state index is 0.00295. The van der Waals surface area contributed by atoms with Crippen LogP contribution in [0.15, 0.2) is 108 Å². The number of hydrogen-bond donors (Lipinski definition) is 1. The van der Waals surface area contributed by atoms with E-state index in [9.17, 15) is 22.4 Å². The molecule has 0 spiro atoms. The van der Waals surface area contributed by atoms with Crippen molar-refractivity contribution >= 4 is 27.5 Å². The lowest BCUT2D eigenvalue weighted by molar-refractivity contribution is -0.139. The molecule has 10 heteroatoms. The first-order valence-electron chi connectivity index (χ1n) is 15.4. The summed E-state index contributed by atoms with van der Waals surface area (Å²) in [5.74, 6) is -0.457. The third kappa shape index (κ3) is 7.92. The first-order chi connectivity index (χ1) is 22.1. The topological polar surface area (TPSA) is 96.0 Å². The van der Waals surface area contributed by atoms with Crippen molar-refractivity contribution in [3.63, 3.8) is 0 Å². The molecule has 1 atom stereocenters. The van der Waals surface area contributed by atoms with E-state index in [1.807, 2.05) is 25.1 Å². The first kappa shape index (κ1) is 32.7. The van der Waals surface area contributed by atoms with Gasteiger partial charge in [-0.15, -0.1) is 0 Å². The minimum Gasteiger partial charge on any atom is -0.457 e. The lowest BCUT2D eigenvalue weighted by Crippen LogP contribution is -2.52. The number of sulfonamides is 1. The number of ether oxygens (including phenoxy) is 1. The van der Waals surface area contributed by atoms with Crippen LogP contribution in [0.3, 0.4) is 0 Å². The SMILES string of the molecule is Cc1ccc(S(=O)(=O)N(CC(=O)N(Cc2ccccc2F)C(C)C(=O)NC2CCCC2)c2ccc(Oc3ccccc3)cc2)cc1. The second-order valence-electron chi connectivity index (χ2n) is 11.5. The Morgan fingerprint density at radius 3 is 2.13 bits per heavy atom. The van der Waals surface area contributed by atoms with Crippen LogP contribution < -0.4 is 14.4 Å². The number of nitrogens with one attached hydrogen (secondary N) is 1. The highest BCUT2D eigenvalue weighted by molar-refractivity contribution is 7.92. The average molecular weight is 644 g/mol. The average Bonchev–Trinajstić information content (AvgIpc) is 3.57. The van der Waals surface area contributed by atoms with Crippen LogP contribution in [0.4, 0.5) is 10.1 Å². The van der Waals surface area contributed by atoms with Gasteiger partial charge in [-0.05, 0) is 81.3 Å². The fourth-order valence-electron chi connectivity index (χ4n) is 5.46. The number of benzene rings is 4. The minimum atomic E-state index is -4.25. The van der Waals surface area contributed by atoms with Crippen molar-refractivity contribution in [2.24, 2.45) is 0 Å². The smallest absolute Gasteiger partial charge is 0.264 e. The van der Waals surface area contributed by atoms with Crippen molar-refractivity contribution < 1.29 is 27.1 Å². The lowest BCUT2D eigenvalue weighted by Gasteiger charge is -2.32. The summed E-state index contributed by atoms with van der Waals surface area (Å²) in [5.41, 5.74) is 1.32. The summed E-state index contributed by atoms with van der Waals surface area (Å²) in [6, 6.07) is 26.9. The van der Waals surface area contributed by atoms with E-state index in [0.29, 0.717) is 11.5 Å². The van der Waals surface area contributed by atoms with Crippen molar-refractivity contribution in [2.75, 3.05) is 10.8 Å². The number of aryl methyl sites for hydroxylation is 1. The third-order valence-corrected chi connectivity index (χ3v) is 9.95. The van der Waals surface area contributed by atoms with Crippen LogP contribution in [-0.4, -0.2) is 43.8 Å². The van der Waals surface area contributed by atoms with Gasteiger partial charge in [0.2, 0.25) is 11.8 Å². The van der Waals surface area contributed by atoms with E-state index in [1.165, 1.54) is 23.1 Å². The Hall–Kier alpha value is -4.70. The molecule has 1 fully saturated rings. The maximum atomic E-state index is 14.8. The number of hydrogen-bond acceptors (Lipinski definition) is 5. The number of rotatable bonds is 12. The molecule has 0 aliphatic heterocycles. The largest absolute Gasteiger partial charge is 0.457 e. The predicted molar refractivity (Wildman–Crippen MR) is 175 cm³/mol. The van der Waals surface area contributed by atoms with Crippen LogP contribution in [0.2, 0.25) is 0 Å². The van der Waals surface area contributed by atoms with Gasteiger partial charge in [0.05, 0.1) is 10.6 Å². The van der Waals surface area contributed by atoms with Crippen molar-refractivity contribution in [1.82, 2.24) is 10.2 Å². The van der Waals surface area contributed by atoms with Gasteiger partial charge < -0.3 is 15.0 Å². The van der Waals surface area contributed by atoms with E-state index >= 15 is 0 Å². The molecular formula is C36H38FN3O5S. The third-order valence-electron chi connectivity index (χ3n) is 8.16. The molecule has 1 saturated carbocycles. The Morgan fingerprint density at radius 2 is 1.48 bits per heavy atom. The number of anilines is 1.